The highest BCUT2D eigenvalue weighted by Crippen LogP contribution is 2.28. The van der Waals surface area contributed by atoms with Crippen molar-refractivity contribution >= 4 is 24.4 Å². The molecule has 0 unspecified atom stereocenters. The van der Waals surface area contributed by atoms with Crippen LogP contribution in [0.3, 0.4) is 0 Å². The molecule has 0 spiro atoms. The summed E-state index contributed by atoms with van der Waals surface area (Å²) < 4.78 is 11.0. The van der Waals surface area contributed by atoms with Crippen molar-refractivity contribution < 1.29 is 14.3 Å². The van der Waals surface area contributed by atoms with Crippen LogP contribution in [0.4, 0.5) is 0 Å². The minimum atomic E-state index is 0. The van der Waals surface area contributed by atoms with Crippen molar-refractivity contribution in [3.8, 4) is 11.5 Å². The molecule has 128 valence electrons. The van der Waals surface area contributed by atoms with E-state index in [4.69, 9.17) is 9.47 Å². The fourth-order valence-corrected chi connectivity index (χ4v) is 2.53. The topological polar surface area (TPSA) is 50.8 Å². The molecule has 1 N–H and O–H groups in total. The Balaban J connectivity index is 0.00000264. The van der Waals surface area contributed by atoms with E-state index in [-0.39, 0.29) is 31.0 Å². The van der Waals surface area contributed by atoms with Crippen molar-refractivity contribution in [2.45, 2.75) is 19.9 Å². The van der Waals surface area contributed by atoms with E-state index in [0.717, 1.165) is 25.2 Å². The SMILES string of the molecule is C/C=C/c1ccc(OCC(=O)N2CCNC[C@H]2C)c(OC)c1.Cl. The zero-order chi connectivity index (χ0) is 15.9. The van der Waals surface area contributed by atoms with Crippen LogP contribution in [0.5, 0.6) is 11.5 Å². The van der Waals surface area contributed by atoms with Gasteiger partial charge in [0.15, 0.2) is 18.1 Å². The van der Waals surface area contributed by atoms with E-state index in [0.29, 0.717) is 11.5 Å². The Morgan fingerprint density at radius 2 is 2.22 bits per heavy atom. The third kappa shape index (κ3) is 5.15. The Morgan fingerprint density at radius 1 is 1.43 bits per heavy atom. The van der Waals surface area contributed by atoms with Gasteiger partial charge >= 0.3 is 0 Å². The molecule has 23 heavy (non-hydrogen) atoms. The van der Waals surface area contributed by atoms with Gasteiger partial charge in [-0.2, -0.15) is 0 Å². The molecule has 0 saturated carbocycles. The number of ether oxygens (including phenoxy) is 2. The Morgan fingerprint density at radius 3 is 2.87 bits per heavy atom. The van der Waals surface area contributed by atoms with E-state index < -0.39 is 0 Å². The lowest BCUT2D eigenvalue weighted by Crippen LogP contribution is -2.53. The summed E-state index contributed by atoms with van der Waals surface area (Å²) in [5.41, 5.74) is 1.04. The van der Waals surface area contributed by atoms with E-state index in [1.54, 1.807) is 7.11 Å². The maximum Gasteiger partial charge on any atom is 0.260 e. The molecular weight excluding hydrogens is 316 g/mol. The summed E-state index contributed by atoms with van der Waals surface area (Å²) in [6, 6.07) is 5.87. The van der Waals surface area contributed by atoms with Gasteiger partial charge in [-0.05, 0) is 31.5 Å². The fraction of sp³-hybridized carbons (Fsp3) is 0.471. The second-order valence-electron chi connectivity index (χ2n) is 5.34. The quantitative estimate of drug-likeness (QED) is 0.894. The van der Waals surface area contributed by atoms with Gasteiger partial charge in [0.05, 0.1) is 7.11 Å². The first-order valence-corrected chi connectivity index (χ1v) is 7.59. The molecule has 1 aliphatic heterocycles. The van der Waals surface area contributed by atoms with Gasteiger partial charge in [-0.15, -0.1) is 12.4 Å². The van der Waals surface area contributed by atoms with E-state index >= 15 is 0 Å². The number of methoxy groups -OCH3 is 1. The lowest BCUT2D eigenvalue weighted by molar-refractivity contribution is -0.136. The molecule has 1 heterocycles. The lowest BCUT2D eigenvalue weighted by atomic mass is 10.2. The maximum absolute atomic E-state index is 12.3. The molecule has 2 rings (SSSR count). The Labute approximate surface area is 144 Å². The van der Waals surface area contributed by atoms with E-state index in [1.165, 1.54) is 0 Å². The summed E-state index contributed by atoms with van der Waals surface area (Å²) in [7, 11) is 1.60. The molecule has 0 aliphatic carbocycles. The minimum Gasteiger partial charge on any atom is -0.493 e. The van der Waals surface area contributed by atoms with Gasteiger partial charge in [-0.25, -0.2) is 0 Å². The van der Waals surface area contributed by atoms with Gasteiger partial charge in [-0.3, -0.25) is 4.79 Å². The number of carbonyl (C=O) groups is 1. The van der Waals surface area contributed by atoms with Gasteiger partial charge < -0.3 is 19.7 Å². The molecule has 6 heteroatoms. The molecule has 0 aromatic heterocycles. The van der Waals surface area contributed by atoms with Crippen molar-refractivity contribution in [1.82, 2.24) is 10.2 Å². The highest BCUT2D eigenvalue weighted by molar-refractivity contribution is 5.85. The number of amides is 1. The molecular formula is C17H25ClN2O3. The third-order valence-electron chi connectivity index (χ3n) is 3.72. The third-order valence-corrected chi connectivity index (χ3v) is 3.72. The van der Waals surface area contributed by atoms with Crippen molar-refractivity contribution in [3.63, 3.8) is 0 Å². The number of allylic oxidation sites excluding steroid dienone is 1. The van der Waals surface area contributed by atoms with E-state index in [1.807, 2.05) is 49.1 Å². The molecule has 0 radical (unpaired) electrons. The highest BCUT2D eigenvalue weighted by Gasteiger charge is 2.23. The van der Waals surface area contributed by atoms with Crippen LogP contribution in [-0.2, 0) is 4.79 Å². The Hall–Kier alpha value is -1.72. The predicted molar refractivity (Wildman–Crippen MR) is 94.5 cm³/mol. The summed E-state index contributed by atoms with van der Waals surface area (Å²) >= 11 is 0. The van der Waals surface area contributed by atoms with Gasteiger partial charge in [0, 0.05) is 25.7 Å². The van der Waals surface area contributed by atoms with Crippen molar-refractivity contribution in [2.24, 2.45) is 0 Å². The molecule has 1 aliphatic rings. The molecule has 1 aromatic rings. The molecule has 5 nitrogen and oxygen atoms in total. The zero-order valence-corrected chi connectivity index (χ0v) is 14.7. The smallest absolute Gasteiger partial charge is 0.260 e. The number of hydrogen-bond acceptors (Lipinski definition) is 4. The largest absolute Gasteiger partial charge is 0.493 e. The summed E-state index contributed by atoms with van der Waals surface area (Å²) in [4.78, 5) is 14.1. The van der Waals surface area contributed by atoms with Crippen molar-refractivity contribution in [3.05, 3.63) is 29.8 Å². The molecule has 1 aromatic carbocycles. The number of halogens is 1. The number of benzene rings is 1. The number of carbonyl (C=O) groups excluding carboxylic acids is 1. The summed E-state index contributed by atoms with van der Waals surface area (Å²) in [6.07, 6.45) is 3.95. The number of piperazine rings is 1. The second-order valence-corrected chi connectivity index (χ2v) is 5.34. The summed E-state index contributed by atoms with van der Waals surface area (Å²) in [5, 5.41) is 3.27. The Kier molecular flexibility index (Phi) is 7.92. The van der Waals surface area contributed by atoms with Gasteiger partial charge in [0.2, 0.25) is 0 Å². The van der Waals surface area contributed by atoms with Crippen LogP contribution in [0.1, 0.15) is 19.4 Å². The maximum atomic E-state index is 12.3. The van der Waals surface area contributed by atoms with Crippen LogP contribution in [0.25, 0.3) is 6.08 Å². The number of rotatable bonds is 5. The van der Waals surface area contributed by atoms with Crippen LogP contribution < -0.4 is 14.8 Å². The first-order chi connectivity index (χ1) is 10.7. The van der Waals surface area contributed by atoms with Crippen molar-refractivity contribution in [2.75, 3.05) is 33.4 Å². The predicted octanol–water partition coefficient (Wildman–Crippen LogP) is 2.35. The highest BCUT2D eigenvalue weighted by atomic mass is 35.5. The van der Waals surface area contributed by atoms with Crippen LogP contribution in [0.2, 0.25) is 0 Å². The normalized spacial score (nSPS) is 17.7. The first kappa shape index (κ1) is 19.3. The lowest BCUT2D eigenvalue weighted by Gasteiger charge is -2.33. The number of hydrogen-bond donors (Lipinski definition) is 1. The van der Waals surface area contributed by atoms with Crippen molar-refractivity contribution in [1.29, 1.82) is 0 Å². The average molecular weight is 341 g/mol. The average Bonchev–Trinajstić information content (AvgIpc) is 2.54. The van der Waals surface area contributed by atoms with Crippen LogP contribution in [0.15, 0.2) is 24.3 Å². The van der Waals surface area contributed by atoms with Gasteiger partial charge in [0.1, 0.15) is 0 Å². The fourth-order valence-electron chi connectivity index (χ4n) is 2.53. The molecule has 1 saturated heterocycles. The minimum absolute atomic E-state index is 0. The van der Waals surface area contributed by atoms with Gasteiger partial charge in [-0.1, -0.05) is 18.2 Å². The van der Waals surface area contributed by atoms with Crippen LogP contribution in [-0.4, -0.2) is 50.2 Å². The van der Waals surface area contributed by atoms with E-state index in [9.17, 15) is 4.79 Å². The first-order valence-electron chi connectivity index (χ1n) is 7.59. The van der Waals surface area contributed by atoms with Crippen LogP contribution in [0, 0.1) is 0 Å². The van der Waals surface area contributed by atoms with E-state index in [2.05, 4.69) is 5.32 Å². The molecule has 1 atom stereocenters. The molecule has 1 fully saturated rings. The number of nitrogens with zero attached hydrogens (tertiary/aromatic N) is 1. The molecule has 1 amide bonds. The second kappa shape index (κ2) is 9.43. The molecule has 0 bridgehead atoms. The van der Waals surface area contributed by atoms with Crippen LogP contribution >= 0.6 is 12.4 Å². The summed E-state index contributed by atoms with van der Waals surface area (Å²) in [5.74, 6) is 1.23. The Bertz CT molecular complexity index is 549. The zero-order valence-electron chi connectivity index (χ0n) is 13.9. The standard InChI is InChI=1S/C17H24N2O3.ClH/c1-4-5-14-6-7-15(16(10-14)21-3)22-12-17(20)19-9-8-18-11-13(19)2;/h4-7,10,13,18H,8-9,11-12H2,1-3H3;1H/b5-4+;/t13-;/m1./s1. The van der Waals surface area contributed by atoms with Gasteiger partial charge in [0.25, 0.3) is 5.91 Å². The summed E-state index contributed by atoms with van der Waals surface area (Å²) in [6.45, 7) is 6.41. The number of nitrogens with one attached hydrogen (secondary N) is 1. The monoisotopic (exact) mass is 340 g/mol.